The van der Waals surface area contributed by atoms with Gasteiger partial charge in [-0.1, -0.05) is 13.8 Å². The first-order valence-electron chi connectivity index (χ1n) is 7.91. The van der Waals surface area contributed by atoms with Gasteiger partial charge >= 0.3 is 0 Å². The van der Waals surface area contributed by atoms with Crippen LogP contribution in [0, 0.1) is 18.8 Å². The Bertz CT molecular complexity index is 495. The van der Waals surface area contributed by atoms with E-state index in [0.29, 0.717) is 5.92 Å². The molecule has 4 nitrogen and oxygen atoms in total. The molecule has 0 amide bonds. The molecule has 3 rings (SSSR count). The van der Waals surface area contributed by atoms with Crippen LogP contribution in [0.25, 0.3) is 0 Å². The second-order valence-corrected chi connectivity index (χ2v) is 6.59. The van der Waals surface area contributed by atoms with Crippen LogP contribution in [-0.2, 0) is 0 Å². The zero-order valence-corrected chi connectivity index (χ0v) is 13.1. The van der Waals surface area contributed by atoms with E-state index in [-0.39, 0.29) is 0 Å². The van der Waals surface area contributed by atoms with Gasteiger partial charge in [0.2, 0.25) is 0 Å². The van der Waals surface area contributed by atoms with Crippen molar-refractivity contribution in [3.05, 3.63) is 11.4 Å². The molecular formula is C16H26N4. The predicted octanol–water partition coefficient (Wildman–Crippen LogP) is 3.19. The minimum absolute atomic E-state index is 0.600. The maximum Gasteiger partial charge on any atom is 0.137 e. The normalized spacial score (nSPS) is 26.7. The van der Waals surface area contributed by atoms with Gasteiger partial charge in [-0.15, -0.1) is 0 Å². The van der Waals surface area contributed by atoms with Crippen molar-refractivity contribution in [2.75, 3.05) is 30.4 Å². The van der Waals surface area contributed by atoms with E-state index in [2.05, 4.69) is 31.0 Å². The molecule has 0 aromatic carbocycles. The van der Waals surface area contributed by atoms with E-state index < -0.39 is 0 Å². The van der Waals surface area contributed by atoms with Crippen molar-refractivity contribution in [2.45, 2.75) is 46.0 Å². The summed E-state index contributed by atoms with van der Waals surface area (Å²) in [7, 11) is 1.96. The van der Waals surface area contributed by atoms with Crippen LogP contribution in [0.4, 0.5) is 11.6 Å². The molecule has 1 aromatic heterocycles. The lowest BCUT2D eigenvalue weighted by Gasteiger charge is -2.37. The molecule has 1 N–H and O–H groups in total. The second-order valence-electron chi connectivity index (χ2n) is 6.59. The van der Waals surface area contributed by atoms with Gasteiger partial charge in [0.25, 0.3) is 0 Å². The zero-order valence-electron chi connectivity index (χ0n) is 13.1. The van der Waals surface area contributed by atoms with Gasteiger partial charge in [-0.25, -0.2) is 9.97 Å². The van der Waals surface area contributed by atoms with E-state index >= 15 is 0 Å². The fourth-order valence-corrected chi connectivity index (χ4v) is 3.05. The Hall–Kier alpha value is -1.32. The third-order valence-corrected chi connectivity index (χ3v) is 4.95. The number of nitrogens with one attached hydrogen (secondary N) is 1. The van der Waals surface area contributed by atoms with Crippen LogP contribution < -0.4 is 10.2 Å². The minimum Gasteiger partial charge on any atom is -0.373 e. The van der Waals surface area contributed by atoms with Crippen LogP contribution in [-0.4, -0.2) is 30.1 Å². The third kappa shape index (κ3) is 2.48. The average Bonchev–Trinajstić information content (AvgIpc) is 3.27. The topological polar surface area (TPSA) is 41.1 Å². The highest BCUT2D eigenvalue weighted by molar-refractivity contribution is 5.59. The van der Waals surface area contributed by atoms with Gasteiger partial charge in [0.1, 0.15) is 17.5 Å². The molecule has 1 saturated carbocycles. The summed E-state index contributed by atoms with van der Waals surface area (Å²) in [6.45, 7) is 9.10. The summed E-state index contributed by atoms with van der Waals surface area (Å²) in [6.07, 6.45) is 3.76. The molecule has 4 heteroatoms. The minimum atomic E-state index is 0.600. The van der Waals surface area contributed by atoms with Crippen molar-refractivity contribution in [2.24, 2.45) is 11.8 Å². The van der Waals surface area contributed by atoms with E-state index in [1.807, 2.05) is 7.05 Å². The summed E-state index contributed by atoms with van der Waals surface area (Å²) in [5.41, 5.74) is 1.19. The van der Waals surface area contributed by atoms with Crippen molar-refractivity contribution in [3.63, 3.8) is 0 Å². The Morgan fingerprint density at radius 1 is 1.10 bits per heavy atom. The first-order chi connectivity index (χ1) is 9.60. The van der Waals surface area contributed by atoms with E-state index in [9.17, 15) is 0 Å². The molecule has 2 heterocycles. The van der Waals surface area contributed by atoms with Gasteiger partial charge in [-0.2, -0.15) is 0 Å². The standard InChI is InChI=1S/C16H26N4/c1-10-7-8-20(9-11(10)2)16-12(3)14(17-4)18-15(19-16)13-5-6-13/h10-11,13H,5-9H2,1-4H3,(H,17,18,19). The van der Waals surface area contributed by atoms with Crippen LogP contribution >= 0.6 is 0 Å². The maximum absolute atomic E-state index is 4.90. The SMILES string of the molecule is CNc1nc(C2CC2)nc(N2CCC(C)C(C)C2)c1C. The molecule has 2 fully saturated rings. The molecule has 1 aliphatic heterocycles. The molecule has 20 heavy (non-hydrogen) atoms. The summed E-state index contributed by atoms with van der Waals surface area (Å²) in [5.74, 6) is 5.36. The maximum atomic E-state index is 4.90. The molecule has 0 radical (unpaired) electrons. The van der Waals surface area contributed by atoms with Crippen LogP contribution in [0.1, 0.15) is 50.4 Å². The van der Waals surface area contributed by atoms with Gasteiger partial charge in [0, 0.05) is 31.6 Å². The number of hydrogen-bond acceptors (Lipinski definition) is 4. The summed E-state index contributed by atoms with van der Waals surface area (Å²) in [6, 6.07) is 0. The number of piperidine rings is 1. The lowest BCUT2D eigenvalue weighted by atomic mass is 9.88. The van der Waals surface area contributed by atoms with Gasteiger partial charge in [0.05, 0.1) is 0 Å². The summed E-state index contributed by atoms with van der Waals surface area (Å²) in [4.78, 5) is 12.1. The Labute approximate surface area is 122 Å². The van der Waals surface area contributed by atoms with Crippen LogP contribution in [0.5, 0.6) is 0 Å². The zero-order chi connectivity index (χ0) is 14.3. The highest BCUT2D eigenvalue weighted by Crippen LogP contribution is 2.40. The second kappa shape index (κ2) is 5.23. The highest BCUT2D eigenvalue weighted by Gasteiger charge is 2.30. The van der Waals surface area contributed by atoms with E-state index in [0.717, 1.165) is 42.4 Å². The number of hydrogen-bond donors (Lipinski definition) is 1. The summed E-state index contributed by atoms with van der Waals surface area (Å²) in [5, 5.41) is 3.24. The fraction of sp³-hybridized carbons (Fsp3) is 0.750. The van der Waals surface area contributed by atoms with E-state index in [4.69, 9.17) is 9.97 Å². The molecule has 0 spiro atoms. The lowest BCUT2D eigenvalue weighted by molar-refractivity contribution is 0.322. The van der Waals surface area contributed by atoms with E-state index in [1.165, 1.54) is 24.8 Å². The molecule has 1 aliphatic carbocycles. The molecular weight excluding hydrogens is 248 g/mol. The van der Waals surface area contributed by atoms with Crippen molar-refractivity contribution in [1.29, 1.82) is 0 Å². The van der Waals surface area contributed by atoms with Gasteiger partial charge in [-0.3, -0.25) is 0 Å². The largest absolute Gasteiger partial charge is 0.373 e. The van der Waals surface area contributed by atoms with Gasteiger partial charge in [0.15, 0.2) is 0 Å². The highest BCUT2D eigenvalue weighted by atomic mass is 15.2. The average molecular weight is 274 g/mol. The Morgan fingerprint density at radius 2 is 1.85 bits per heavy atom. The quantitative estimate of drug-likeness (QED) is 0.919. The van der Waals surface area contributed by atoms with Crippen molar-refractivity contribution < 1.29 is 0 Å². The van der Waals surface area contributed by atoms with Crippen LogP contribution in [0.3, 0.4) is 0 Å². The van der Waals surface area contributed by atoms with Crippen molar-refractivity contribution in [1.82, 2.24) is 9.97 Å². The first-order valence-corrected chi connectivity index (χ1v) is 7.91. The number of rotatable bonds is 3. The van der Waals surface area contributed by atoms with Crippen molar-refractivity contribution in [3.8, 4) is 0 Å². The van der Waals surface area contributed by atoms with Crippen LogP contribution in [0.2, 0.25) is 0 Å². The summed E-state index contributed by atoms with van der Waals surface area (Å²) < 4.78 is 0. The summed E-state index contributed by atoms with van der Waals surface area (Å²) >= 11 is 0. The molecule has 2 atom stereocenters. The first kappa shape index (κ1) is 13.7. The van der Waals surface area contributed by atoms with Crippen LogP contribution in [0.15, 0.2) is 0 Å². The molecule has 1 aromatic rings. The lowest BCUT2D eigenvalue weighted by Crippen LogP contribution is -2.39. The Balaban J connectivity index is 1.93. The van der Waals surface area contributed by atoms with E-state index in [1.54, 1.807) is 0 Å². The number of aromatic nitrogens is 2. The molecule has 2 unspecified atom stereocenters. The molecule has 1 saturated heterocycles. The predicted molar refractivity (Wildman–Crippen MR) is 83.4 cm³/mol. The third-order valence-electron chi connectivity index (χ3n) is 4.95. The molecule has 0 bridgehead atoms. The Morgan fingerprint density at radius 3 is 2.45 bits per heavy atom. The number of nitrogens with zero attached hydrogens (tertiary/aromatic N) is 3. The molecule has 2 aliphatic rings. The Kier molecular flexibility index (Phi) is 3.57. The smallest absolute Gasteiger partial charge is 0.137 e. The van der Waals surface area contributed by atoms with Gasteiger partial charge in [-0.05, 0) is 38.0 Å². The monoisotopic (exact) mass is 274 g/mol. The molecule has 110 valence electrons. The number of anilines is 2. The fourth-order valence-electron chi connectivity index (χ4n) is 3.05. The van der Waals surface area contributed by atoms with Gasteiger partial charge < -0.3 is 10.2 Å². The van der Waals surface area contributed by atoms with Crippen molar-refractivity contribution >= 4 is 11.6 Å².